The maximum atomic E-state index is 4.38. The SMILES string of the molecule is CCn1ccnc1CNc1ccccc1CN(C)C. The second kappa shape index (κ2) is 6.38. The van der Waals surface area contributed by atoms with Gasteiger partial charge in [-0.2, -0.15) is 0 Å². The number of anilines is 1. The molecule has 0 aliphatic heterocycles. The monoisotopic (exact) mass is 258 g/mol. The van der Waals surface area contributed by atoms with Crippen molar-refractivity contribution in [3.05, 3.63) is 48.0 Å². The highest BCUT2D eigenvalue weighted by molar-refractivity contribution is 5.51. The van der Waals surface area contributed by atoms with Crippen molar-refractivity contribution in [2.45, 2.75) is 26.6 Å². The lowest BCUT2D eigenvalue weighted by Crippen LogP contribution is -2.14. The zero-order valence-corrected chi connectivity index (χ0v) is 11.9. The molecule has 1 heterocycles. The molecule has 1 aromatic carbocycles. The van der Waals surface area contributed by atoms with Crippen molar-refractivity contribution >= 4 is 5.69 Å². The molecule has 0 amide bonds. The third kappa shape index (κ3) is 3.58. The summed E-state index contributed by atoms with van der Waals surface area (Å²) in [5.41, 5.74) is 2.49. The Bertz CT molecular complexity index is 516. The fraction of sp³-hybridized carbons (Fsp3) is 0.400. The van der Waals surface area contributed by atoms with Gasteiger partial charge in [0.1, 0.15) is 5.82 Å². The summed E-state index contributed by atoms with van der Waals surface area (Å²) in [5, 5.41) is 3.49. The first-order valence-corrected chi connectivity index (χ1v) is 6.67. The summed E-state index contributed by atoms with van der Waals surface area (Å²) in [6, 6.07) is 8.43. The molecule has 0 aliphatic carbocycles. The van der Waals surface area contributed by atoms with Gasteiger partial charge in [0.15, 0.2) is 0 Å². The quantitative estimate of drug-likeness (QED) is 0.864. The van der Waals surface area contributed by atoms with Gasteiger partial charge in [-0.15, -0.1) is 0 Å². The summed E-state index contributed by atoms with van der Waals surface area (Å²) in [7, 11) is 4.17. The maximum Gasteiger partial charge on any atom is 0.128 e. The van der Waals surface area contributed by atoms with E-state index >= 15 is 0 Å². The van der Waals surface area contributed by atoms with E-state index in [4.69, 9.17) is 0 Å². The zero-order chi connectivity index (χ0) is 13.7. The summed E-state index contributed by atoms with van der Waals surface area (Å²) >= 11 is 0. The average Bonchev–Trinajstić information content (AvgIpc) is 2.84. The van der Waals surface area contributed by atoms with E-state index in [2.05, 4.69) is 65.1 Å². The van der Waals surface area contributed by atoms with Crippen LogP contribution in [0.3, 0.4) is 0 Å². The molecule has 19 heavy (non-hydrogen) atoms. The molecule has 4 nitrogen and oxygen atoms in total. The molecule has 102 valence electrons. The molecular weight excluding hydrogens is 236 g/mol. The third-order valence-electron chi connectivity index (χ3n) is 3.08. The van der Waals surface area contributed by atoms with E-state index in [0.29, 0.717) is 0 Å². The second-order valence-electron chi connectivity index (χ2n) is 4.88. The number of nitrogens with zero attached hydrogens (tertiary/aromatic N) is 3. The van der Waals surface area contributed by atoms with E-state index in [-0.39, 0.29) is 0 Å². The largest absolute Gasteiger partial charge is 0.378 e. The number of benzene rings is 1. The molecule has 0 unspecified atom stereocenters. The van der Waals surface area contributed by atoms with Gasteiger partial charge >= 0.3 is 0 Å². The number of aryl methyl sites for hydroxylation is 1. The van der Waals surface area contributed by atoms with Crippen LogP contribution in [0.1, 0.15) is 18.3 Å². The molecular formula is C15H22N4. The molecule has 0 bridgehead atoms. The molecule has 2 aromatic rings. The van der Waals surface area contributed by atoms with Crippen molar-refractivity contribution in [3.8, 4) is 0 Å². The van der Waals surface area contributed by atoms with Crippen LogP contribution in [0.15, 0.2) is 36.7 Å². The minimum absolute atomic E-state index is 0.755. The van der Waals surface area contributed by atoms with Gasteiger partial charge < -0.3 is 14.8 Å². The summed E-state index contributed by atoms with van der Waals surface area (Å²) in [4.78, 5) is 6.56. The second-order valence-corrected chi connectivity index (χ2v) is 4.88. The van der Waals surface area contributed by atoms with Gasteiger partial charge in [-0.25, -0.2) is 4.98 Å². The van der Waals surface area contributed by atoms with Crippen molar-refractivity contribution in [1.82, 2.24) is 14.5 Å². The molecule has 0 saturated heterocycles. The summed E-state index contributed by atoms with van der Waals surface area (Å²) in [6.07, 6.45) is 3.87. The zero-order valence-electron chi connectivity index (χ0n) is 11.9. The normalized spacial score (nSPS) is 10.9. The van der Waals surface area contributed by atoms with E-state index in [0.717, 1.165) is 25.5 Å². The predicted octanol–water partition coefficient (Wildman–Crippen LogP) is 2.58. The predicted molar refractivity (Wildman–Crippen MR) is 79.1 cm³/mol. The van der Waals surface area contributed by atoms with Gasteiger partial charge in [0.05, 0.1) is 6.54 Å². The minimum Gasteiger partial charge on any atom is -0.378 e. The van der Waals surface area contributed by atoms with E-state index in [1.54, 1.807) is 0 Å². The number of rotatable bonds is 6. The minimum atomic E-state index is 0.755. The van der Waals surface area contributed by atoms with E-state index in [1.807, 2.05) is 12.4 Å². The van der Waals surface area contributed by atoms with E-state index in [1.165, 1.54) is 11.3 Å². The molecule has 2 rings (SSSR count). The third-order valence-corrected chi connectivity index (χ3v) is 3.08. The van der Waals surface area contributed by atoms with Crippen molar-refractivity contribution in [3.63, 3.8) is 0 Å². The fourth-order valence-corrected chi connectivity index (χ4v) is 2.14. The number of imidazole rings is 1. The Labute approximate surface area is 115 Å². The van der Waals surface area contributed by atoms with E-state index in [9.17, 15) is 0 Å². The summed E-state index contributed by atoms with van der Waals surface area (Å²) < 4.78 is 2.15. The van der Waals surface area contributed by atoms with Gasteiger partial charge in [0, 0.05) is 31.2 Å². The van der Waals surface area contributed by atoms with Crippen molar-refractivity contribution in [1.29, 1.82) is 0 Å². The molecule has 0 spiro atoms. The molecule has 0 fully saturated rings. The highest BCUT2D eigenvalue weighted by Crippen LogP contribution is 2.17. The summed E-state index contributed by atoms with van der Waals surface area (Å²) in [6.45, 7) is 4.78. The Hall–Kier alpha value is -1.81. The Morgan fingerprint density at radius 1 is 1.26 bits per heavy atom. The molecule has 0 atom stereocenters. The molecule has 0 aliphatic rings. The smallest absolute Gasteiger partial charge is 0.128 e. The highest BCUT2D eigenvalue weighted by Gasteiger charge is 2.05. The van der Waals surface area contributed by atoms with Crippen molar-refractivity contribution in [2.24, 2.45) is 0 Å². The van der Waals surface area contributed by atoms with Crippen LogP contribution >= 0.6 is 0 Å². The van der Waals surface area contributed by atoms with Crippen LogP contribution in [0.25, 0.3) is 0 Å². The van der Waals surface area contributed by atoms with Gasteiger partial charge in [-0.3, -0.25) is 0 Å². The molecule has 0 radical (unpaired) electrons. The van der Waals surface area contributed by atoms with E-state index < -0.39 is 0 Å². The first kappa shape index (κ1) is 13.6. The maximum absolute atomic E-state index is 4.38. The Balaban J connectivity index is 2.07. The lowest BCUT2D eigenvalue weighted by Gasteiger charge is -2.15. The van der Waals surface area contributed by atoms with Crippen LogP contribution in [0.2, 0.25) is 0 Å². The first-order chi connectivity index (χ1) is 9.20. The topological polar surface area (TPSA) is 33.1 Å². The van der Waals surface area contributed by atoms with Gasteiger partial charge in [0.25, 0.3) is 0 Å². The average molecular weight is 258 g/mol. The van der Waals surface area contributed by atoms with Gasteiger partial charge in [-0.1, -0.05) is 18.2 Å². The molecule has 0 saturated carbocycles. The standard InChI is InChI=1S/C15H22N4/c1-4-19-10-9-16-15(19)11-17-14-8-6-5-7-13(14)12-18(2)3/h5-10,17H,4,11-12H2,1-3H3. The highest BCUT2D eigenvalue weighted by atomic mass is 15.1. The first-order valence-electron chi connectivity index (χ1n) is 6.67. The lowest BCUT2D eigenvalue weighted by atomic mass is 10.1. The molecule has 1 aromatic heterocycles. The van der Waals surface area contributed by atoms with Crippen LogP contribution in [-0.2, 0) is 19.6 Å². The van der Waals surface area contributed by atoms with Crippen LogP contribution in [0, 0.1) is 0 Å². The number of para-hydroxylation sites is 1. The van der Waals surface area contributed by atoms with Crippen LogP contribution in [0.5, 0.6) is 0 Å². The number of hydrogen-bond acceptors (Lipinski definition) is 3. The van der Waals surface area contributed by atoms with Crippen LogP contribution in [-0.4, -0.2) is 28.5 Å². The molecule has 4 heteroatoms. The summed E-state index contributed by atoms with van der Waals surface area (Å²) in [5.74, 6) is 1.07. The van der Waals surface area contributed by atoms with Gasteiger partial charge in [-0.05, 0) is 32.6 Å². The van der Waals surface area contributed by atoms with Crippen LogP contribution < -0.4 is 5.32 Å². The number of hydrogen-bond donors (Lipinski definition) is 1. The van der Waals surface area contributed by atoms with Gasteiger partial charge in [0.2, 0.25) is 0 Å². The fourth-order valence-electron chi connectivity index (χ4n) is 2.14. The Kier molecular flexibility index (Phi) is 4.58. The number of nitrogens with one attached hydrogen (secondary N) is 1. The van der Waals surface area contributed by atoms with Crippen molar-refractivity contribution in [2.75, 3.05) is 19.4 Å². The van der Waals surface area contributed by atoms with Crippen LogP contribution in [0.4, 0.5) is 5.69 Å². The Morgan fingerprint density at radius 3 is 2.79 bits per heavy atom. The molecule has 1 N–H and O–H groups in total. The van der Waals surface area contributed by atoms with Crippen molar-refractivity contribution < 1.29 is 0 Å². The Morgan fingerprint density at radius 2 is 2.05 bits per heavy atom. The lowest BCUT2D eigenvalue weighted by molar-refractivity contribution is 0.403. The number of aromatic nitrogens is 2.